The molecule has 0 radical (unpaired) electrons. The van der Waals surface area contributed by atoms with E-state index in [0.29, 0.717) is 12.8 Å². The minimum absolute atomic E-state index is 0.464. The van der Waals surface area contributed by atoms with Gasteiger partial charge in [-0.1, -0.05) is 13.8 Å². The molecule has 6 heteroatoms. The van der Waals surface area contributed by atoms with Crippen molar-refractivity contribution in [2.24, 2.45) is 5.73 Å². The number of hydrogen-bond donors (Lipinski definition) is 3. The van der Waals surface area contributed by atoms with E-state index in [4.69, 9.17) is 10.8 Å². The lowest BCUT2D eigenvalue weighted by Crippen LogP contribution is -2.53. The lowest BCUT2D eigenvalue weighted by molar-refractivity contribution is -0.151. The molecule has 0 spiro atoms. The number of carbonyl (C=O) groups is 2. The first kappa shape index (κ1) is 12.9. The van der Waals surface area contributed by atoms with Gasteiger partial charge in [0.1, 0.15) is 0 Å². The van der Waals surface area contributed by atoms with Gasteiger partial charge in [0.2, 0.25) is 0 Å². The zero-order valence-electron chi connectivity index (χ0n) is 8.37. The van der Waals surface area contributed by atoms with Crippen molar-refractivity contribution in [1.82, 2.24) is 5.48 Å². The second kappa shape index (κ2) is 5.56. The fourth-order valence-electron chi connectivity index (χ4n) is 0.836. The van der Waals surface area contributed by atoms with Gasteiger partial charge in [-0.25, -0.2) is 10.3 Å². The molecule has 0 aromatic heterocycles. The van der Waals surface area contributed by atoms with Crippen LogP contribution in [-0.2, 0) is 14.4 Å². The summed E-state index contributed by atoms with van der Waals surface area (Å²) in [5.74, 6) is -1.65. The average Bonchev–Trinajstić information content (AvgIpc) is 2.15. The number of carboxylic acids is 1. The monoisotopic (exact) mass is 204 g/mol. The number of carboxylic acid groups (broad SMARTS) is 1. The molecule has 4 N–H and O–H groups in total. The van der Waals surface area contributed by atoms with Gasteiger partial charge < -0.3 is 10.8 Å². The molecule has 0 aliphatic carbocycles. The highest BCUT2D eigenvalue weighted by Gasteiger charge is 2.30. The quantitative estimate of drug-likeness (QED) is 0.513. The summed E-state index contributed by atoms with van der Waals surface area (Å²) in [4.78, 5) is 25.8. The van der Waals surface area contributed by atoms with Crippen LogP contribution in [0.25, 0.3) is 0 Å². The summed E-state index contributed by atoms with van der Waals surface area (Å²) in [6.45, 7) is 2.98. The molecule has 0 aliphatic heterocycles. The Labute approximate surface area is 82.4 Å². The molecule has 0 saturated heterocycles. The van der Waals surface area contributed by atoms with Gasteiger partial charge in [0.05, 0.1) is 5.54 Å². The van der Waals surface area contributed by atoms with Gasteiger partial charge in [-0.05, 0) is 12.8 Å². The van der Waals surface area contributed by atoms with Crippen LogP contribution in [0, 0.1) is 0 Å². The van der Waals surface area contributed by atoms with Gasteiger partial charge in [-0.15, -0.1) is 0 Å². The molecule has 0 fully saturated rings. The lowest BCUT2D eigenvalue weighted by Gasteiger charge is -2.24. The molecule has 0 unspecified atom stereocenters. The van der Waals surface area contributed by atoms with Gasteiger partial charge in [0.25, 0.3) is 5.91 Å². The lowest BCUT2D eigenvalue weighted by atomic mass is 9.94. The van der Waals surface area contributed by atoms with Gasteiger partial charge in [0, 0.05) is 0 Å². The Kier molecular flexibility index (Phi) is 5.11. The third-order valence-electron chi connectivity index (χ3n) is 2.07. The van der Waals surface area contributed by atoms with Crippen LogP contribution < -0.4 is 11.2 Å². The highest BCUT2D eigenvalue weighted by molar-refractivity contribution is 5.85. The maximum Gasteiger partial charge on any atom is 0.332 e. The highest BCUT2D eigenvalue weighted by Crippen LogP contribution is 2.10. The molecule has 0 aliphatic rings. The van der Waals surface area contributed by atoms with Crippen LogP contribution in [0.1, 0.15) is 26.7 Å². The predicted molar refractivity (Wildman–Crippen MR) is 49.2 cm³/mol. The van der Waals surface area contributed by atoms with E-state index in [1.807, 2.05) is 5.48 Å². The van der Waals surface area contributed by atoms with E-state index in [0.717, 1.165) is 0 Å². The van der Waals surface area contributed by atoms with E-state index >= 15 is 0 Å². The Morgan fingerprint density at radius 2 is 1.93 bits per heavy atom. The summed E-state index contributed by atoms with van der Waals surface area (Å²) < 4.78 is 0. The zero-order chi connectivity index (χ0) is 11.2. The summed E-state index contributed by atoms with van der Waals surface area (Å²) in [6.07, 6.45) is 0.928. The fourth-order valence-corrected chi connectivity index (χ4v) is 0.836. The van der Waals surface area contributed by atoms with Crippen molar-refractivity contribution >= 4 is 11.9 Å². The number of rotatable bonds is 6. The van der Waals surface area contributed by atoms with Crippen molar-refractivity contribution in [3.63, 3.8) is 0 Å². The molecule has 0 heterocycles. The molecule has 0 aromatic rings. The second-order valence-electron chi connectivity index (χ2n) is 2.98. The van der Waals surface area contributed by atoms with Gasteiger partial charge >= 0.3 is 5.97 Å². The summed E-state index contributed by atoms with van der Waals surface area (Å²) in [5.41, 5.74) is 6.74. The average molecular weight is 204 g/mol. The Morgan fingerprint density at radius 3 is 2.29 bits per heavy atom. The third-order valence-corrected chi connectivity index (χ3v) is 2.07. The Morgan fingerprint density at radius 1 is 1.43 bits per heavy atom. The summed E-state index contributed by atoms with van der Waals surface area (Å²) in [6, 6.07) is 0. The minimum atomic E-state index is -1.15. The smallest absolute Gasteiger partial charge is 0.332 e. The van der Waals surface area contributed by atoms with Crippen molar-refractivity contribution in [2.75, 3.05) is 6.61 Å². The molecule has 0 rings (SSSR count). The number of hydrogen-bond acceptors (Lipinski definition) is 4. The Bertz CT molecular complexity index is 213. The van der Waals surface area contributed by atoms with Crippen LogP contribution >= 0.6 is 0 Å². The van der Waals surface area contributed by atoms with Crippen molar-refractivity contribution < 1.29 is 19.5 Å². The normalized spacial score (nSPS) is 11.1. The van der Waals surface area contributed by atoms with Crippen LogP contribution in [-0.4, -0.2) is 29.1 Å². The van der Waals surface area contributed by atoms with Crippen LogP contribution in [0.5, 0.6) is 0 Å². The van der Waals surface area contributed by atoms with Gasteiger partial charge in [0.15, 0.2) is 6.61 Å². The maximum atomic E-state index is 11.4. The third kappa shape index (κ3) is 3.71. The molecule has 0 aromatic carbocycles. The number of nitrogens with one attached hydrogen (secondary N) is 1. The Balaban J connectivity index is 4.00. The van der Waals surface area contributed by atoms with E-state index in [1.165, 1.54) is 0 Å². The minimum Gasteiger partial charge on any atom is -0.479 e. The van der Waals surface area contributed by atoms with Crippen LogP contribution in [0.3, 0.4) is 0 Å². The highest BCUT2D eigenvalue weighted by atomic mass is 16.7. The van der Waals surface area contributed by atoms with Crippen molar-refractivity contribution in [3.05, 3.63) is 0 Å². The molecule has 82 valence electrons. The van der Waals surface area contributed by atoms with E-state index in [-0.39, 0.29) is 0 Å². The maximum absolute atomic E-state index is 11.4. The fraction of sp³-hybridized carbons (Fsp3) is 0.750. The molecule has 6 nitrogen and oxygen atoms in total. The molecule has 0 atom stereocenters. The number of aliphatic carboxylic acids is 1. The molecule has 14 heavy (non-hydrogen) atoms. The first-order valence-corrected chi connectivity index (χ1v) is 4.39. The second-order valence-corrected chi connectivity index (χ2v) is 2.98. The number of nitrogens with two attached hydrogens (primary N) is 1. The summed E-state index contributed by atoms with van der Waals surface area (Å²) >= 11 is 0. The van der Waals surface area contributed by atoms with Crippen LogP contribution in [0.2, 0.25) is 0 Å². The van der Waals surface area contributed by atoms with Crippen molar-refractivity contribution in [3.8, 4) is 0 Å². The van der Waals surface area contributed by atoms with Crippen LogP contribution in [0.4, 0.5) is 0 Å². The van der Waals surface area contributed by atoms with Gasteiger partial charge in [-0.3, -0.25) is 9.63 Å². The number of carbonyl (C=O) groups excluding carboxylic acids is 1. The summed E-state index contributed by atoms with van der Waals surface area (Å²) in [5, 5.41) is 8.24. The predicted octanol–water partition coefficient (Wildman–Crippen LogP) is -0.364. The van der Waals surface area contributed by atoms with Gasteiger partial charge in [-0.2, -0.15) is 0 Å². The molecular formula is C8H16N2O4. The van der Waals surface area contributed by atoms with Crippen molar-refractivity contribution in [2.45, 2.75) is 32.2 Å². The van der Waals surface area contributed by atoms with Crippen LogP contribution in [0.15, 0.2) is 0 Å². The molecular weight excluding hydrogens is 188 g/mol. The van der Waals surface area contributed by atoms with E-state index < -0.39 is 24.0 Å². The molecule has 1 amide bonds. The van der Waals surface area contributed by atoms with E-state index in [1.54, 1.807) is 13.8 Å². The largest absolute Gasteiger partial charge is 0.479 e. The standard InChI is InChI=1S/C8H16N2O4/c1-3-8(9,4-2)7(13)10-14-5-6(11)12/h3-5,9H2,1-2H3,(H,10,13)(H,11,12). The first-order valence-electron chi connectivity index (χ1n) is 4.39. The topological polar surface area (TPSA) is 102 Å². The van der Waals surface area contributed by atoms with Crippen molar-refractivity contribution in [1.29, 1.82) is 0 Å². The first-order chi connectivity index (χ1) is 6.46. The molecule has 0 saturated carbocycles. The molecule has 0 bridgehead atoms. The number of hydroxylamine groups is 1. The Hall–Kier alpha value is -1.14. The number of amides is 1. The SMILES string of the molecule is CCC(N)(CC)C(=O)NOCC(=O)O. The summed E-state index contributed by atoms with van der Waals surface area (Å²) in [7, 11) is 0. The van der Waals surface area contributed by atoms with E-state index in [2.05, 4.69) is 4.84 Å². The van der Waals surface area contributed by atoms with E-state index in [9.17, 15) is 9.59 Å². The zero-order valence-corrected chi connectivity index (χ0v) is 8.37.